The second-order valence-corrected chi connectivity index (χ2v) is 5.14. The Labute approximate surface area is 122 Å². The first-order valence-electron chi connectivity index (χ1n) is 6.63. The smallest absolute Gasteiger partial charge is 0.165 e. The summed E-state index contributed by atoms with van der Waals surface area (Å²) >= 11 is 6.27. The third-order valence-electron chi connectivity index (χ3n) is 3.51. The monoisotopic (exact) mass is 286 g/mol. The number of halogens is 1. The summed E-state index contributed by atoms with van der Waals surface area (Å²) in [5.41, 5.74) is 3.69. The van der Waals surface area contributed by atoms with Crippen molar-refractivity contribution < 1.29 is 4.42 Å². The summed E-state index contributed by atoms with van der Waals surface area (Å²) in [5, 5.41) is 1.55. The van der Waals surface area contributed by atoms with Gasteiger partial charge in [-0.25, -0.2) is 9.97 Å². The molecule has 0 N–H and O–H groups in total. The maximum absolute atomic E-state index is 6.27. The number of nitrogens with zero attached hydrogens (tertiary/aromatic N) is 2. The fraction of sp³-hybridized carbons (Fsp3) is 0.250. The highest BCUT2D eigenvalue weighted by Gasteiger charge is 2.17. The Morgan fingerprint density at radius 2 is 1.90 bits per heavy atom. The number of furan rings is 1. The molecule has 0 amide bonds. The minimum absolute atomic E-state index is 0.527. The fourth-order valence-corrected chi connectivity index (χ4v) is 2.87. The van der Waals surface area contributed by atoms with E-state index in [4.69, 9.17) is 16.0 Å². The highest BCUT2D eigenvalue weighted by molar-refractivity contribution is 6.30. The molecule has 0 saturated carbocycles. The predicted molar refractivity (Wildman–Crippen MR) is 81.1 cm³/mol. The van der Waals surface area contributed by atoms with Crippen LogP contribution < -0.4 is 0 Å². The molecular weight excluding hydrogens is 272 g/mol. The molecule has 1 aromatic carbocycles. The summed E-state index contributed by atoms with van der Waals surface area (Å²) in [6.07, 6.45) is 0.829. The largest absolute Gasteiger partial charge is 0.461 e. The molecule has 102 valence electrons. The number of aryl methyl sites for hydroxylation is 2. The molecule has 0 spiro atoms. The van der Waals surface area contributed by atoms with E-state index in [0.717, 1.165) is 40.0 Å². The molecule has 0 aliphatic rings. The highest BCUT2D eigenvalue weighted by atomic mass is 35.5. The van der Waals surface area contributed by atoms with Crippen molar-refractivity contribution in [2.45, 2.75) is 27.2 Å². The number of aromatic nitrogens is 2. The molecule has 0 bridgehead atoms. The van der Waals surface area contributed by atoms with E-state index in [0.29, 0.717) is 11.0 Å². The number of rotatable bonds is 2. The Morgan fingerprint density at radius 3 is 2.60 bits per heavy atom. The lowest BCUT2D eigenvalue weighted by molar-refractivity contribution is 0.579. The summed E-state index contributed by atoms with van der Waals surface area (Å²) < 4.78 is 5.77. The molecule has 3 rings (SSSR count). The lowest BCUT2D eigenvalue weighted by Crippen LogP contribution is -1.99. The molecule has 20 heavy (non-hydrogen) atoms. The standard InChI is InChI=1S/C16H15ClN2O/c1-4-11-9(2)18-16(19-15(11)17)14-10(3)20-13-8-6-5-7-12(13)14/h5-8H,4H2,1-3H3. The number of para-hydroxylation sites is 1. The minimum atomic E-state index is 0.527. The zero-order chi connectivity index (χ0) is 14.3. The summed E-state index contributed by atoms with van der Waals surface area (Å²) in [5.74, 6) is 1.44. The molecular formula is C16H15ClN2O. The molecule has 2 heterocycles. The predicted octanol–water partition coefficient (Wildman–Crippen LogP) is 4.72. The molecule has 3 aromatic rings. The van der Waals surface area contributed by atoms with Crippen LogP contribution in [0.1, 0.15) is 23.9 Å². The summed E-state index contributed by atoms with van der Waals surface area (Å²) in [6, 6.07) is 7.90. The third kappa shape index (κ3) is 1.98. The summed E-state index contributed by atoms with van der Waals surface area (Å²) in [6.45, 7) is 5.94. The van der Waals surface area contributed by atoms with Crippen LogP contribution in [0, 0.1) is 13.8 Å². The molecule has 4 heteroatoms. The van der Waals surface area contributed by atoms with Gasteiger partial charge in [-0.2, -0.15) is 0 Å². The zero-order valence-corrected chi connectivity index (χ0v) is 12.5. The van der Waals surface area contributed by atoms with E-state index in [1.54, 1.807) is 0 Å². The molecule has 3 nitrogen and oxygen atoms in total. The maximum Gasteiger partial charge on any atom is 0.165 e. The molecule has 0 aliphatic carbocycles. The van der Waals surface area contributed by atoms with Gasteiger partial charge < -0.3 is 4.42 Å². The Hall–Kier alpha value is -1.87. The van der Waals surface area contributed by atoms with Crippen LogP contribution in [0.5, 0.6) is 0 Å². The Balaban J connectivity index is 2.28. The van der Waals surface area contributed by atoms with Gasteiger partial charge in [0.15, 0.2) is 5.82 Å². The van der Waals surface area contributed by atoms with Crippen LogP contribution in [-0.4, -0.2) is 9.97 Å². The van der Waals surface area contributed by atoms with E-state index in [9.17, 15) is 0 Å². The highest BCUT2D eigenvalue weighted by Crippen LogP contribution is 2.33. The first-order valence-corrected chi connectivity index (χ1v) is 7.01. The lowest BCUT2D eigenvalue weighted by Gasteiger charge is -2.07. The average molecular weight is 287 g/mol. The van der Waals surface area contributed by atoms with Crippen LogP contribution in [0.25, 0.3) is 22.4 Å². The Kier molecular flexibility index (Phi) is 3.22. The van der Waals surface area contributed by atoms with E-state index >= 15 is 0 Å². The van der Waals surface area contributed by atoms with Crippen LogP contribution >= 0.6 is 11.6 Å². The Morgan fingerprint density at radius 1 is 1.15 bits per heavy atom. The minimum Gasteiger partial charge on any atom is -0.461 e. The molecule has 0 unspecified atom stereocenters. The van der Waals surface area contributed by atoms with Crippen molar-refractivity contribution >= 4 is 22.6 Å². The Bertz CT molecular complexity index is 769. The van der Waals surface area contributed by atoms with Crippen molar-refractivity contribution in [3.63, 3.8) is 0 Å². The molecule has 0 radical (unpaired) electrons. The van der Waals surface area contributed by atoms with Gasteiger partial charge in [0, 0.05) is 16.6 Å². The van der Waals surface area contributed by atoms with Gasteiger partial charge in [-0.05, 0) is 26.3 Å². The number of benzene rings is 1. The van der Waals surface area contributed by atoms with Crippen molar-refractivity contribution in [1.29, 1.82) is 0 Å². The molecule has 0 fully saturated rings. The first-order chi connectivity index (χ1) is 9.61. The summed E-state index contributed by atoms with van der Waals surface area (Å²) in [4.78, 5) is 9.06. The van der Waals surface area contributed by atoms with Crippen molar-refractivity contribution in [1.82, 2.24) is 9.97 Å². The first kappa shape index (κ1) is 13.1. The normalized spacial score (nSPS) is 11.2. The topological polar surface area (TPSA) is 38.9 Å². The fourth-order valence-electron chi connectivity index (χ4n) is 2.52. The van der Waals surface area contributed by atoms with Crippen molar-refractivity contribution in [2.75, 3.05) is 0 Å². The molecule has 2 aromatic heterocycles. The van der Waals surface area contributed by atoms with Crippen LogP contribution in [0.15, 0.2) is 28.7 Å². The van der Waals surface area contributed by atoms with Gasteiger partial charge in [0.25, 0.3) is 0 Å². The second-order valence-electron chi connectivity index (χ2n) is 4.78. The summed E-state index contributed by atoms with van der Waals surface area (Å²) in [7, 11) is 0. The average Bonchev–Trinajstić information content (AvgIpc) is 2.74. The van der Waals surface area contributed by atoms with E-state index in [-0.39, 0.29) is 0 Å². The van der Waals surface area contributed by atoms with E-state index in [1.807, 2.05) is 38.1 Å². The van der Waals surface area contributed by atoms with Gasteiger partial charge in [-0.15, -0.1) is 0 Å². The van der Waals surface area contributed by atoms with E-state index in [2.05, 4.69) is 16.9 Å². The van der Waals surface area contributed by atoms with Gasteiger partial charge in [0.05, 0.1) is 5.56 Å². The van der Waals surface area contributed by atoms with Crippen LogP contribution in [0.4, 0.5) is 0 Å². The van der Waals surface area contributed by atoms with Gasteiger partial charge >= 0.3 is 0 Å². The van der Waals surface area contributed by atoms with Crippen LogP contribution in [0.3, 0.4) is 0 Å². The number of fused-ring (bicyclic) bond motifs is 1. The van der Waals surface area contributed by atoms with Gasteiger partial charge in [0.2, 0.25) is 0 Å². The van der Waals surface area contributed by atoms with E-state index < -0.39 is 0 Å². The SMILES string of the molecule is CCc1c(C)nc(-c2c(C)oc3ccccc23)nc1Cl. The molecule has 0 atom stereocenters. The van der Waals surface area contributed by atoms with Gasteiger partial charge in [-0.3, -0.25) is 0 Å². The van der Waals surface area contributed by atoms with E-state index in [1.165, 1.54) is 0 Å². The van der Waals surface area contributed by atoms with Crippen LogP contribution in [0.2, 0.25) is 5.15 Å². The number of hydrogen-bond acceptors (Lipinski definition) is 3. The lowest BCUT2D eigenvalue weighted by atomic mass is 10.1. The maximum atomic E-state index is 6.27. The quantitative estimate of drug-likeness (QED) is 0.640. The van der Waals surface area contributed by atoms with Crippen molar-refractivity contribution in [3.8, 4) is 11.4 Å². The molecule has 0 saturated heterocycles. The van der Waals surface area contributed by atoms with Gasteiger partial charge in [-0.1, -0.05) is 36.7 Å². The number of hydrogen-bond donors (Lipinski definition) is 0. The van der Waals surface area contributed by atoms with Gasteiger partial charge in [0.1, 0.15) is 16.5 Å². The van der Waals surface area contributed by atoms with Crippen LogP contribution in [-0.2, 0) is 6.42 Å². The zero-order valence-electron chi connectivity index (χ0n) is 11.7. The van der Waals surface area contributed by atoms with Crippen molar-refractivity contribution in [2.24, 2.45) is 0 Å². The third-order valence-corrected chi connectivity index (χ3v) is 3.82. The molecule has 0 aliphatic heterocycles. The van der Waals surface area contributed by atoms with Crippen molar-refractivity contribution in [3.05, 3.63) is 46.4 Å². The second kappa shape index (κ2) is 4.91.